The smallest absolute Gasteiger partial charge is 0.225 e. The standard InChI is InChI=1S/C10H14N2O4S2/c1-8(2)7-12-18(15,16)10-5-3-9(4-6-10)17(11,13)14/h3-6,12H,1,7H2,2H3,(H2,11,13,14). The van der Waals surface area contributed by atoms with Crippen molar-refractivity contribution in [2.45, 2.75) is 16.7 Å². The largest absolute Gasteiger partial charge is 0.240 e. The Balaban J connectivity index is 3.02. The first-order chi connectivity index (χ1) is 8.13. The highest BCUT2D eigenvalue weighted by Gasteiger charge is 2.15. The molecule has 0 radical (unpaired) electrons. The minimum absolute atomic E-state index is 0.0313. The van der Waals surface area contributed by atoms with E-state index >= 15 is 0 Å². The summed E-state index contributed by atoms with van der Waals surface area (Å²) >= 11 is 0. The molecule has 0 fully saturated rings. The van der Waals surface area contributed by atoms with Crippen molar-refractivity contribution in [1.82, 2.24) is 4.72 Å². The molecule has 1 aromatic rings. The Labute approximate surface area is 107 Å². The van der Waals surface area contributed by atoms with Gasteiger partial charge in [0, 0.05) is 6.54 Å². The monoisotopic (exact) mass is 290 g/mol. The van der Waals surface area contributed by atoms with Crippen LogP contribution in [-0.4, -0.2) is 23.4 Å². The van der Waals surface area contributed by atoms with Gasteiger partial charge in [0.25, 0.3) is 0 Å². The van der Waals surface area contributed by atoms with Crippen molar-refractivity contribution in [2.24, 2.45) is 5.14 Å². The van der Waals surface area contributed by atoms with Crippen molar-refractivity contribution in [2.75, 3.05) is 6.54 Å². The Bertz CT molecular complexity index is 646. The summed E-state index contributed by atoms with van der Waals surface area (Å²) in [5, 5.41) is 4.91. The van der Waals surface area contributed by atoms with Gasteiger partial charge in [0.2, 0.25) is 20.0 Å². The maximum atomic E-state index is 11.8. The molecule has 0 amide bonds. The van der Waals surface area contributed by atoms with Crippen LogP contribution < -0.4 is 9.86 Å². The predicted octanol–water partition coefficient (Wildman–Crippen LogP) is 0.188. The molecule has 0 unspecified atom stereocenters. The van der Waals surface area contributed by atoms with Crippen molar-refractivity contribution in [3.05, 3.63) is 36.4 Å². The van der Waals surface area contributed by atoms with E-state index in [1.807, 2.05) is 0 Å². The molecule has 3 N–H and O–H groups in total. The molecule has 100 valence electrons. The maximum absolute atomic E-state index is 11.8. The first-order valence-electron chi connectivity index (χ1n) is 4.90. The Morgan fingerprint density at radius 3 is 2.00 bits per heavy atom. The lowest BCUT2D eigenvalue weighted by atomic mass is 10.4. The number of rotatable bonds is 5. The molecule has 0 bridgehead atoms. The first-order valence-corrected chi connectivity index (χ1v) is 7.93. The van der Waals surface area contributed by atoms with Gasteiger partial charge in [-0.1, -0.05) is 12.2 Å². The van der Waals surface area contributed by atoms with Crippen LogP contribution >= 0.6 is 0 Å². The summed E-state index contributed by atoms with van der Waals surface area (Å²) in [4.78, 5) is -0.169. The van der Waals surface area contributed by atoms with E-state index in [9.17, 15) is 16.8 Å². The first kappa shape index (κ1) is 14.8. The number of hydrogen-bond acceptors (Lipinski definition) is 4. The average Bonchev–Trinajstić information content (AvgIpc) is 2.26. The van der Waals surface area contributed by atoms with Crippen LogP contribution in [-0.2, 0) is 20.0 Å². The second-order valence-corrected chi connectivity index (χ2v) is 7.13. The lowest BCUT2D eigenvalue weighted by Gasteiger charge is -2.06. The summed E-state index contributed by atoms with van der Waals surface area (Å²) in [7, 11) is -7.48. The fraction of sp³-hybridized carbons (Fsp3) is 0.200. The van der Waals surface area contributed by atoms with Crippen LogP contribution in [0.15, 0.2) is 46.2 Å². The second kappa shape index (κ2) is 5.19. The van der Waals surface area contributed by atoms with E-state index in [2.05, 4.69) is 11.3 Å². The van der Waals surface area contributed by atoms with Crippen molar-refractivity contribution < 1.29 is 16.8 Å². The number of nitrogens with two attached hydrogens (primary N) is 1. The fourth-order valence-corrected chi connectivity index (χ4v) is 2.72. The van der Waals surface area contributed by atoms with Crippen molar-refractivity contribution in [3.8, 4) is 0 Å². The van der Waals surface area contributed by atoms with Crippen LogP contribution in [0.5, 0.6) is 0 Å². The van der Waals surface area contributed by atoms with E-state index in [1.54, 1.807) is 6.92 Å². The fourth-order valence-electron chi connectivity index (χ4n) is 1.11. The average molecular weight is 290 g/mol. The molecule has 0 heterocycles. The van der Waals surface area contributed by atoms with Crippen LogP contribution in [0.2, 0.25) is 0 Å². The van der Waals surface area contributed by atoms with E-state index in [1.165, 1.54) is 12.1 Å². The highest BCUT2D eigenvalue weighted by atomic mass is 32.2. The third-order valence-electron chi connectivity index (χ3n) is 2.03. The summed E-state index contributed by atoms with van der Waals surface area (Å²) in [6.07, 6.45) is 0. The highest BCUT2D eigenvalue weighted by molar-refractivity contribution is 7.89. The van der Waals surface area contributed by atoms with Gasteiger partial charge in [0.15, 0.2) is 0 Å². The molecule has 0 aliphatic carbocycles. The van der Waals surface area contributed by atoms with Gasteiger partial charge in [-0.3, -0.25) is 0 Å². The molecule has 1 aromatic carbocycles. The van der Waals surface area contributed by atoms with E-state index in [4.69, 9.17) is 5.14 Å². The minimum Gasteiger partial charge on any atom is -0.225 e. The summed E-state index contributed by atoms with van der Waals surface area (Å²) in [6, 6.07) is 4.65. The molecule has 8 heteroatoms. The Hall–Kier alpha value is -1.22. The lowest BCUT2D eigenvalue weighted by molar-refractivity contribution is 0.583. The van der Waals surface area contributed by atoms with E-state index in [0.717, 1.165) is 12.1 Å². The van der Waals surface area contributed by atoms with Crippen LogP contribution in [0, 0.1) is 0 Å². The number of primary sulfonamides is 1. The Morgan fingerprint density at radius 1 is 1.17 bits per heavy atom. The molecule has 0 saturated heterocycles. The predicted molar refractivity (Wildman–Crippen MR) is 67.8 cm³/mol. The van der Waals surface area contributed by atoms with Gasteiger partial charge in [-0.25, -0.2) is 26.7 Å². The minimum atomic E-state index is -3.82. The zero-order chi connectivity index (χ0) is 14.0. The van der Waals surface area contributed by atoms with Gasteiger partial charge in [0.05, 0.1) is 9.79 Å². The van der Waals surface area contributed by atoms with Gasteiger partial charge in [-0.05, 0) is 31.2 Å². The zero-order valence-electron chi connectivity index (χ0n) is 9.75. The molecule has 0 atom stereocenters. The van der Waals surface area contributed by atoms with Crippen molar-refractivity contribution >= 4 is 20.0 Å². The third-order valence-corrected chi connectivity index (χ3v) is 4.37. The van der Waals surface area contributed by atoms with Crippen LogP contribution in [0.4, 0.5) is 0 Å². The maximum Gasteiger partial charge on any atom is 0.240 e. The Kier molecular flexibility index (Phi) is 4.28. The molecule has 0 aliphatic rings. The Morgan fingerprint density at radius 2 is 1.61 bits per heavy atom. The molecule has 0 aromatic heterocycles. The third kappa shape index (κ3) is 3.91. The van der Waals surface area contributed by atoms with Gasteiger partial charge >= 0.3 is 0 Å². The number of hydrogen-bond donors (Lipinski definition) is 2. The number of benzene rings is 1. The lowest BCUT2D eigenvalue weighted by Crippen LogP contribution is -2.25. The van der Waals surface area contributed by atoms with Gasteiger partial charge in [-0.15, -0.1) is 0 Å². The zero-order valence-corrected chi connectivity index (χ0v) is 11.4. The quantitative estimate of drug-likeness (QED) is 0.755. The van der Waals surface area contributed by atoms with Crippen LogP contribution in [0.1, 0.15) is 6.92 Å². The van der Waals surface area contributed by atoms with E-state index in [0.29, 0.717) is 5.57 Å². The molecule has 1 rings (SSSR count). The summed E-state index contributed by atoms with van der Waals surface area (Å²) in [5.74, 6) is 0. The van der Waals surface area contributed by atoms with Crippen LogP contribution in [0.3, 0.4) is 0 Å². The van der Waals surface area contributed by atoms with Gasteiger partial charge in [0.1, 0.15) is 0 Å². The summed E-state index contributed by atoms with van der Waals surface area (Å²) in [6.45, 7) is 5.39. The molecular formula is C10H14N2O4S2. The number of sulfonamides is 2. The van der Waals surface area contributed by atoms with Crippen molar-refractivity contribution in [3.63, 3.8) is 0 Å². The molecule has 0 spiro atoms. The molecule has 18 heavy (non-hydrogen) atoms. The molecule has 6 nitrogen and oxygen atoms in total. The van der Waals surface area contributed by atoms with Crippen LogP contribution in [0.25, 0.3) is 0 Å². The van der Waals surface area contributed by atoms with Gasteiger partial charge < -0.3 is 0 Å². The van der Waals surface area contributed by atoms with E-state index < -0.39 is 20.0 Å². The molecule has 0 aliphatic heterocycles. The summed E-state index contributed by atoms with van der Waals surface area (Å²) < 4.78 is 47.9. The molecular weight excluding hydrogens is 276 g/mol. The SMILES string of the molecule is C=C(C)CNS(=O)(=O)c1ccc(S(N)(=O)=O)cc1. The van der Waals surface area contributed by atoms with Gasteiger partial charge in [-0.2, -0.15) is 0 Å². The second-order valence-electron chi connectivity index (χ2n) is 3.80. The van der Waals surface area contributed by atoms with E-state index in [-0.39, 0.29) is 16.3 Å². The van der Waals surface area contributed by atoms with Crippen molar-refractivity contribution in [1.29, 1.82) is 0 Å². The topological polar surface area (TPSA) is 106 Å². The highest BCUT2D eigenvalue weighted by Crippen LogP contribution is 2.13. The number of nitrogens with one attached hydrogen (secondary N) is 1. The normalized spacial score (nSPS) is 12.3. The summed E-state index contributed by atoms with van der Waals surface area (Å²) in [5.41, 5.74) is 0.666. The molecule has 0 saturated carbocycles.